The highest BCUT2D eigenvalue weighted by atomic mass is 28.6. The van der Waals surface area contributed by atoms with Gasteiger partial charge in [-0.25, -0.2) is 0 Å². The average Bonchev–Trinajstić information content (AvgIpc) is 2.98. The molecule has 4 heterocycles. The molecule has 0 aromatic carbocycles. The smallest absolute Gasteiger partial charge is 0.465 e. The van der Waals surface area contributed by atoms with E-state index >= 15 is 0 Å². The minimum absolute atomic E-state index is 0.122. The van der Waals surface area contributed by atoms with E-state index in [-0.39, 0.29) is 30.6 Å². The fourth-order valence-electron chi connectivity index (χ4n) is 5.20. The first-order valence-electron chi connectivity index (χ1n) is 16.2. The van der Waals surface area contributed by atoms with Crippen molar-refractivity contribution in [3.63, 3.8) is 0 Å². The molecule has 8 atom stereocenters. The second-order valence-electron chi connectivity index (χ2n) is 11.4. The van der Waals surface area contributed by atoms with Crippen molar-refractivity contribution in [3.8, 4) is 0 Å². The van der Waals surface area contributed by atoms with E-state index in [1.54, 1.807) is 6.92 Å². The number of ether oxygens (including phenoxy) is 1. The molecule has 0 aliphatic carbocycles. The maximum atomic E-state index is 12.4. The Bertz CT molecular complexity index is 1020. The maximum absolute atomic E-state index is 12.4. The number of carbonyl (C=O) groups is 1. The Balaban J connectivity index is 1.90. The Hall–Kier alpha value is 0.725. The minimum Gasteiger partial charge on any atom is -0.465 e. The van der Waals surface area contributed by atoms with Gasteiger partial charge in [0.2, 0.25) is 0 Å². The molecule has 4 fully saturated rings. The predicted molar refractivity (Wildman–Crippen MR) is 173 cm³/mol. The zero-order valence-electron chi connectivity index (χ0n) is 27.6. The predicted octanol–water partition coefficient (Wildman–Crippen LogP) is 4.39. The van der Waals surface area contributed by atoms with Gasteiger partial charge in [0.25, 0.3) is 0 Å². The molecule has 6 bridgehead atoms. The SMILES string of the molecule is CCC(C)C(=O)OCCC[Si]12O[Si](O)(CC)O[Si]3(CC)O[Si]4(CC)O[Si](CC)O[Si](CC)(O1)O[Si](CC)(O4)O[Si](CC)(O3)O2. The monoisotopic (exact) mass is 763 g/mol. The van der Waals surface area contributed by atoms with Gasteiger partial charge in [0.05, 0.1) is 12.5 Å². The quantitative estimate of drug-likeness (QED) is 0.161. The van der Waals surface area contributed by atoms with Crippen LogP contribution in [0, 0.1) is 5.92 Å². The molecule has 4 aliphatic heterocycles. The normalized spacial score (nSPS) is 43.3. The summed E-state index contributed by atoms with van der Waals surface area (Å²) in [7, 11) is -28.7. The molecule has 4 saturated heterocycles. The lowest BCUT2D eigenvalue weighted by atomic mass is 10.1. The number of rotatable bonds is 13. The van der Waals surface area contributed by atoms with E-state index < -0.39 is 70.9 Å². The van der Waals surface area contributed by atoms with Crippen molar-refractivity contribution in [1.82, 2.24) is 0 Å². The minimum atomic E-state index is -4.08. The van der Waals surface area contributed by atoms with Gasteiger partial charge in [0.1, 0.15) is 0 Å². The summed E-state index contributed by atoms with van der Waals surface area (Å²) in [5.41, 5.74) is 0. The van der Waals surface area contributed by atoms with Gasteiger partial charge in [0.15, 0.2) is 0 Å². The first-order valence-corrected chi connectivity index (χ1v) is 31.3. The van der Waals surface area contributed by atoms with E-state index in [1.807, 2.05) is 55.4 Å². The van der Waals surface area contributed by atoms with Crippen molar-refractivity contribution in [2.24, 2.45) is 5.92 Å². The van der Waals surface area contributed by atoms with Gasteiger partial charge >= 0.3 is 76.9 Å². The van der Waals surface area contributed by atoms with E-state index in [0.29, 0.717) is 49.1 Å². The third-order valence-corrected chi connectivity index (χ3v) is 41.7. The van der Waals surface area contributed by atoms with Gasteiger partial charge in [-0.2, -0.15) is 0 Å². The highest BCUT2D eigenvalue weighted by molar-refractivity contribution is 7.00. The molecule has 4 rings (SSSR count). The van der Waals surface area contributed by atoms with E-state index in [4.69, 9.17) is 50.0 Å². The second kappa shape index (κ2) is 14.3. The maximum Gasteiger partial charge on any atom is 0.483 e. The third-order valence-electron chi connectivity index (χ3n) is 8.13. The summed E-state index contributed by atoms with van der Waals surface area (Å²) in [6.07, 6.45) is 1.03. The van der Waals surface area contributed by atoms with Gasteiger partial charge in [-0.05, 0) is 18.9 Å². The highest BCUT2D eigenvalue weighted by Gasteiger charge is 2.77. The van der Waals surface area contributed by atoms with Crippen LogP contribution in [0.25, 0.3) is 0 Å². The Morgan fingerprint density at radius 2 is 1.05 bits per heavy atom. The molecule has 255 valence electrons. The van der Waals surface area contributed by atoms with Crippen LogP contribution >= 0.6 is 0 Å². The van der Waals surface area contributed by atoms with Gasteiger partial charge in [-0.15, -0.1) is 0 Å². The molecule has 4 aliphatic rings. The van der Waals surface area contributed by atoms with E-state index in [1.165, 1.54) is 0 Å². The van der Waals surface area contributed by atoms with Crippen LogP contribution in [-0.2, 0) is 54.8 Å². The molecular formula is C22H51O14Si8. The Morgan fingerprint density at radius 3 is 1.48 bits per heavy atom. The van der Waals surface area contributed by atoms with Crippen LogP contribution in [0.5, 0.6) is 0 Å². The molecule has 8 unspecified atom stereocenters. The average molecular weight is 764 g/mol. The highest BCUT2D eigenvalue weighted by Crippen LogP contribution is 2.48. The summed E-state index contributed by atoms with van der Waals surface area (Å²) in [5.74, 6) is -0.483. The van der Waals surface area contributed by atoms with Crippen molar-refractivity contribution < 1.29 is 59.6 Å². The van der Waals surface area contributed by atoms with E-state index in [9.17, 15) is 9.59 Å². The van der Waals surface area contributed by atoms with Crippen molar-refractivity contribution in [2.75, 3.05) is 6.61 Å². The summed E-state index contributed by atoms with van der Waals surface area (Å²) < 4.78 is 81.9. The molecule has 0 spiro atoms. The van der Waals surface area contributed by atoms with Crippen LogP contribution in [-0.4, -0.2) is 88.3 Å². The fraction of sp³-hybridized carbons (Fsp3) is 0.955. The Labute approximate surface area is 271 Å². The number of hydrogen-bond donors (Lipinski definition) is 1. The molecule has 0 amide bonds. The second-order valence-corrected chi connectivity index (χ2v) is 36.2. The van der Waals surface area contributed by atoms with E-state index in [2.05, 4.69) is 0 Å². The van der Waals surface area contributed by atoms with Gasteiger partial charge in [0, 0.05) is 42.3 Å². The zero-order valence-corrected chi connectivity index (χ0v) is 35.6. The van der Waals surface area contributed by atoms with Crippen molar-refractivity contribution in [1.29, 1.82) is 0 Å². The summed E-state index contributed by atoms with van der Waals surface area (Å²) >= 11 is 0. The van der Waals surface area contributed by atoms with Gasteiger partial charge in [-0.3, -0.25) is 4.79 Å². The number of carbonyl (C=O) groups excluding carboxylic acids is 1. The number of hydrogen-bond acceptors (Lipinski definition) is 14. The molecular weight excluding hydrogens is 713 g/mol. The summed E-state index contributed by atoms with van der Waals surface area (Å²) in [4.78, 5) is 24.6. The molecule has 0 aromatic heterocycles. The summed E-state index contributed by atoms with van der Waals surface area (Å²) in [6.45, 7) is 17.3. The van der Waals surface area contributed by atoms with Crippen molar-refractivity contribution in [3.05, 3.63) is 0 Å². The fourth-order valence-corrected chi connectivity index (χ4v) is 48.7. The number of fused-ring (bicyclic) bond motifs is 4. The Kier molecular flexibility index (Phi) is 12.2. The molecule has 22 heteroatoms. The van der Waals surface area contributed by atoms with Crippen LogP contribution in [0.4, 0.5) is 0 Å². The van der Waals surface area contributed by atoms with Crippen LogP contribution in [0.1, 0.15) is 75.2 Å². The molecule has 1 radical (unpaired) electrons. The largest absolute Gasteiger partial charge is 0.483 e. The standard InChI is InChI=1S/C22H51O14Si8/c1-10-21(9)22(23)25-19-18-20-44-29-38(24,12-3)28-41(15-6)30-39(13-4)26-37(11-2)27-40(14-5,33-44)32-42(16-7,31-39)35-43(17-8,34-41)36-44/h21,24H,10-20H2,1-9H3. The van der Waals surface area contributed by atoms with Crippen LogP contribution in [0.2, 0.25) is 48.4 Å². The first kappa shape index (κ1) is 37.5. The molecule has 44 heavy (non-hydrogen) atoms. The summed E-state index contributed by atoms with van der Waals surface area (Å²) in [5, 5.41) is 0. The van der Waals surface area contributed by atoms with Gasteiger partial charge in [-0.1, -0.05) is 62.3 Å². The number of esters is 1. The van der Waals surface area contributed by atoms with Crippen LogP contribution in [0.15, 0.2) is 0 Å². The van der Waals surface area contributed by atoms with Crippen LogP contribution in [0.3, 0.4) is 0 Å². The lowest BCUT2D eigenvalue weighted by molar-refractivity contribution is -0.148. The van der Waals surface area contributed by atoms with E-state index in [0.717, 1.165) is 0 Å². The lowest BCUT2D eigenvalue weighted by Crippen LogP contribution is -2.83. The first-order chi connectivity index (χ1) is 20.7. The molecule has 1 N–H and O–H groups in total. The molecule has 0 saturated carbocycles. The molecule has 0 aromatic rings. The van der Waals surface area contributed by atoms with Gasteiger partial charge < -0.3 is 54.8 Å². The zero-order chi connectivity index (χ0) is 32.5. The van der Waals surface area contributed by atoms with Crippen molar-refractivity contribution in [2.45, 2.75) is 124 Å². The van der Waals surface area contributed by atoms with Crippen molar-refractivity contribution >= 4 is 76.9 Å². The Morgan fingerprint density at radius 1 is 0.636 bits per heavy atom. The third kappa shape index (κ3) is 7.63. The topological polar surface area (TPSA) is 148 Å². The molecule has 14 nitrogen and oxygen atoms in total. The summed E-state index contributed by atoms with van der Waals surface area (Å²) in [6, 6.07) is 2.71. The lowest BCUT2D eigenvalue weighted by Gasteiger charge is -2.59. The van der Waals surface area contributed by atoms with Crippen LogP contribution < -0.4 is 0 Å².